The summed E-state index contributed by atoms with van der Waals surface area (Å²) in [5.74, 6) is 1.15. The number of hydrogen-bond acceptors (Lipinski definition) is 3. The second kappa shape index (κ2) is 12.5. The largest absolute Gasteiger partial charge is 0.381 e. The van der Waals surface area contributed by atoms with Gasteiger partial charge >= 0.3 is 0 Å². The van der Waals surface area contributed by atoms with Gasteiger partial charge < -0.3 is 10.6 Å². The zero-order chi connectivity index (χ0) is 30.8. The van der Waals surface area contributed by atoms with Gasteiger partial charge in [-0.15, -0.1) is 0 Å². The number of fused-ring (bicyclic) bond motifs is 1. The van der Waals surface area contributed by atoms with Gasteiger partial charge in [0.15, 0.2) is 0 Å². The molecule has 3 nitrogen and oxygen atoms in total. The SMILES string of the molecule is CC(c1ccccc1)c1c([C@](C)(I)c2cc(C3=CC=CCN3)cc(-c3ccc(C4=NCC=CN4)cc3)c2)ccc2ccccc12. The molecule has 0 saturated carbocycles. The molecule has 0 spiro atoms. The molecule has 4 heteroatoms. The summed E-state index contributed by atoms with van der Waals surface area (Å²) in [6.45, 7) is 6.25. The Kier molecular flexibility index (Phi) is 8.16. The van der Waals surface area contributed by atoms with E-state index < -0.39 is 0 Å². The summed E-state index contributed by atoms with van der Waals surface area (Å²) in [7, 11) is 0. The lowest BCUT2D eigenvalue weighted by atomic mass is 9.79. The minimum absolute atomic E-state index is 0.232. The van der Waals surface area contributed by atoms with Crippen molar-refractivity contribution in [1.82, 2.24) is 10.6 Å². The number of nitrogens with zero attached hydrogens (tertiary/aromatic N) is 1. The molecular formula is C41H36IN3. The molecule has 5 aromatic rings. The first kappa shape index (κ1) is 29.3. The lowest BCUT2D eigenvalue weighted by Gasteiger charge is -2.31. The van der Waals surface area contributed by atoms with Crippen molar-refractivity contribution in [2.75, 3.05) is 13.1 Å². The Bertz CT molecular complexity index is 1980. The molecule has 2 aliphatic rings. The second-order valence-electron chi connectivity index (χ2n) is 11.9. The van der Waals surface area contributed by atoms with Crippen LogP contribution in [0.2, 0.25) is 0 Å². The smallest absolute Gasteiger partial charge is 0.132 e. The molecule has 7 rings (SSSR count). The molecule has 2 aliphatic heterocycles. The van der Waals surface area contributed by atoms with E-state index in [0.717, 1.165) is 23.6 Å². The highest BCUT2D eigenvalue weighted by Crippen LogP contribution is 2.47. The van der Waals surface area contributed by atoms with Crippen LogP contribution in [-0.2, 0) is 3.42 Å². The molecule has 222 valence electrons. The molecule has 0 bridgehead atoms. The standard InChI is InChI=1S/C41H36IN3/c1-28(29-11-4-3-5-12-29)39-36-14-7-6-13-31(36)20-21-37(39)41(2,42)35-26-33(25-34(27-35)38-15-8-9-22-43-38)30-16-18-32(19-17-30)40-44-23-10-24-45-40/h3-21,23,25-28,43H,22,24H2,1-2H3,(H,44,45)/t28?,41-/m1/s1. The number of dihydropyridines is 1. The fourth-order valence-electron chi connectivity index (χ4n) is 6.49. The number of nitrogens with one attached hydrogen (secondary N) is 2. The number of alkyl halides is 1. The highest BCUT2D eigenvalue weighted by molar-refractivity contribution is 14.1. The van der Waals surface area contributed by atoms with E-state index in [1.54, 1.807) is 0 Å². The minimum Gasteiger partial charge on any atom is -0.381 e. The molecule has 5 aromatic carbocycles. The summed E-state index contributed by atoms with van der Waals surface area (Å²) in [4.78, 5) is 4.62. The Morgan fingerprint density at radius 3 is 2.29 bits per heavy atom. The van der Waals surface area contributed by atoms with Crippen molar-refractivity contribution < 1.29 is 0 Å². The molecular weight excluding hydrogens is 661 g/mol. The molecule has 0 fully saturated rings. The maximum atomic E-state index is 4.62. The molecule has 2 atom stereocenters. The first-order chi connectivity index (χ1) is 22.0. The first-order valence-corrected chi connectivity index (χ1v) is 16.7. The van der Waals surface area contributed by atoms with E-state index in [9.17, 15) is 0 Å². The van der Waals surface area contributed by atoms with Crippen LogP contribution in [-0.4, -0.2) is 18.9 Å². The second-order valence-corrected chi connectivity index (χ2v) is 14.0. The van der Waals surface area contributed by atoms with Crippen molar-refractivity contribution in [1.29, 1.82) is 0 Å². The minimum atomic E-state index is -0.303. The molecule has 1 unspecified atom stereocenters. The van der Waals surface area contributed by atoms with Gasteiger partial charge in [0.1, 0.15) is 5.84 Å². The zero-order valence-corrected chi connectivity index (χ0v) is 27.8. The normalized spacial score (nSPS) is 16.2. The van der Waals surface area contributed by atoms with Gasteiger partial charge in [-0.05, 0) is 87.0 Å². The third kappa shape index (κ3) is 5.87. The van der Waals surface area contributed by atoms with Gasteiger partial charge in [-0.25, -0.2) is 0 Å². The maximum absolute atomic E-state index is 4.62. The van der Waals surface area contributed by atoms with Gasteiger partial charge in [0.2, 0.25) is 0 Å². The van der Waals surface area contributed by atoms with Crippen molar-refractivity contribution >= 4 is 44.9 Å². The van der Waals surface area contributed by atoms with E-state index in [4.69, 9.17) is 0 Å². The van der Waals surface area contributed by atoms with Crippen LogP contribution in [0.25, 0.3) is 27.6 Å². The Morgan fingerprint density at radius 1 is 0.778 bits per heavy atom. The topological polar surface area (TPSA) is 36.4 Å². The van der Waals surface area contributed by atoms with E-state index in [1.807, 2.05) is 12.3 Å². The van der Waals surface area contributed by atoms with E-state index in [2.05, 4.69) is 179 Å². The van der Waals surface area contributed by atoms with Crippen molar-refractivity contribution in [3.05, 3.63) is 173 Å². The van der Waals surface area contributed by atoms with Crippen LogP contribution in [0.1, 0.15) is 53.1 Å². The lowest BCUT2D eigenvalue weighted by molar-refractivity contribution is 0.828. The number of hydrogen-bond donors (Lipinski definition) is 2. The van der Waals surface area contributed by atoms with Crippen LogP contribution in [0, 0.1) is 0 Å². The van der Waals surface area contributed by atoms with E-state index in [0.29, 0.717) is 6.54 Å². The van der Waals surface area contributed by atoms with E-state index in [1.165, 1.54) is 49.7 Å². The molecule has 2 N–H and O–H groups in total. The Labute approximate surface area is 279 Å². The lowest BCUT2D eigenvalue weighted by Crippen LogP contribution is -2.21. The van der Waals surface area contributed by atoms with E-state index in [-0.39, 0.29) is 9.34 Å². The third-order valence-corrected chi connectivity index (χ3v) is 10.2. The fourth-order valence-corrected chi connectivity index (χ4v) is 7.27. The predicted octanol–water partition coefficient (Wildman–Crippen LogP) is 9.72. The highest BCUT2D eigenvalue weighted by Gasteiger charge is 2.32. The zero-order valence-electron chi connectivity index (χ0n) is 25.6. The summed E-state index contributed by atoms with van der Waals surface area (Å²) >= 11 is 2.69. The van der Waals surface area contributed by atoms with Crippen molar-refractivity contribution in [3.63, 3.8) is 0 Å². The average Bonchev–Trinajstić information content (AvgIpc) is 3.12. The van der Waals surface area contributed by atoms with Crippen LogP contribution >= 0.6 is 22.6 Å². The number of rotatable bonds is 7. The summed E-state index contributed by atoms with van der Waals surface area (Å²) in [6, 6.07) is 40.2. The first-order valence-electron chi connectivity index (χ1n) is 15.6. The number of benzene rings is 5. The fraction of sp³-hybridized carbons (Fsp3) is 0.146. The number of amidine groups is 1. The number of halogens is 1. The van der Waals surface area contributed by atoms with Crippen molar-refractivity contribution in [2.24, 2.45) is 4.99 Å². The number of allylic oxidation sites excluding steroid dienone is 2. The Hall–Kier alpha value is -4.42. The van der Waals surface area contributed by atoms with Crippen molar-refractivity contribution in [3.8, 4) is 11.1 Å². The molecule has 45 heavy (non-hydrogen) atoms. The molecule has 0 amide bonds. The average molecular weight is 698 g/mol. The van der Waals surface area contributed by atoms with Gasteiger partial charge in [0.05, 0.1) is 9.97 Å². The van der Waals surface area contributed by atoms with Gasteiger partial charge in [-0.3, -0.25) is 4.99 Å². The summed E-state index contributed by atoms with van der Waals surface area (Å²) < 4.78 is -0.303. The Morgan fingerprint density at radius 2 is 1.53 bits per heavy atom. The van der Waals surface area contributed by atoms with Crippen LogP contribution < -0.4 is 10.6 Å². The monoisotopic (exact) mass is 697 g/mol. The molecule has 0 aliphatic carbocycles. The highest BCUT2D eigenvalue weighted by atomic mass is 127. The van der Waals surface area contributed by atoms with Crippen molar-refractivity contribution in [2.45, 2.75) is 23.2 Å². The van der Waals surface area contributed by atoms with Gasteiger partial charge in [0, 0.05) is 29.9 Å². The van der Waals surface area contributed by atoms with Crippen LogP contribution in [0.4, 0.5) is 0 Å². The quantitative estimate of drug-likeness (QED) is 0.131. The predicted molar refractivity (Wildman–Crippen MR) is 199 cm³/mol. The summed E-state index contributed by atoms with van der Waals surface area (Å²) in [5, 5.41) is 9.47. The third-order valence-electron chi connectivity index (χ3n) is 8.99. The molecule has 2 heterocycles. The molecule has 0 aromatic heterocycles. The maximum Gasteiger partial charge on any atom is 0.132 e. The molecule has 0 saturated heterocycles. The van der Waals surface area contributed by atoms with Crippen LogP contribution in [0.3, 0.4) is 0 Å². The molecule has 0 radical (unpaired) electrons. The summed E-state index contributed by atoms with van der Waals surface area (Å²) in [6.07, 6.45) is 10.5. The number of aliphatic imine (C=N–C) groups is 1. The van der Waals surface area contributed by atoms with Gasteiger partial charge in [-0.2, -0.15) is 0 Å². The van der Waals surface area contributed by atoms with Gasteiger partial charge in [-0.1, -0.05) is 133 Å². The van der Waals surface area contributed by atoms with Gasteiger partial charge in [0.25, 0.3) is 0 Å². The van der Waals surface area contributed by atoms with Crippen LogP contribution in [0.5, 0.6) is 0 Å². The summed E-state index contributed by atoms with van der Waals surface area (Å²) in [5.41, 5.74) is 11.2. The van der Waals surface area contributed by atoms with E-state index >= 15 is 0 Å². The van der Waals surface area contributed by atoms with Crippen LogP contribution in [0.15, 0.2) is 145 Å². The Balaban J connectivity index is 1.38.